The number of carbonyl (C=O) groups excluding carboxylic acids is 1. The van der Waals surface area contributed by atoms with Gasteiger partial charge in [-0.25, -0.2) is 9.59 Å². The van der Waals surface area contributed by atoms with Crippen molar-refractivity contribution in [2.24, 2.45) is 0 Å². The highest BCUT2D eigenvalue weighted by Crippen LogP contribution is 2.63. The minimum Gasteiger partial charge on any atom is -0.506 e. The monoisotopic (exact) mass is 580 g/mol. The second-order valence-corrected chi connectivity index (χ2v) is 9.54. The molecule has 0 fully saturated rings. The maximum atomic E-state index is 13.2. The standard InChI is InChI=1S/C21H6Cl6O7/c22-5-1-4-8(2-6(5)28)33-9-3-7(29)14(23)18(27)12(9)21(4)13-10(20(32)34-21)16(25)17(26)11(15(13)24)19(30)31/h1-3,28-29H,(H,30,31). The Balaban J connectivity index is 2.05. The Labute approximate surface area is 219 Å². The van der Waals surface area contributed by atoms with Crippen molar-refractivity contribution in [1.82, 2.24) is 0 Å². The van der Waals surface area contributed by atoms with Crippen molar-refractivity contribution in [2.45, 2.75) is 5.60 Å². The highest BCUT2D eigenvalue weighted by Gasteiger charge is 2.58. The van der Waals surface area contributed by atoms with E-state index >= 15 is 0 Å². The molecule has 3 aromatic rings. The van der Waals surface area contributed by atoms with E-state index in [1.807, 2.05) is 0 Å². The van der Waals surface area contributed by atoms with Gasteiger partial charge in [-0.05, 0) is 6.07 Å². The number of carboxylic acid groups (broad SMARTS) is 1. The number of rotatable bonds is 1. The van der Waals surface area contributed by atoms with Crippen molar-refractivity contribution in [3.05, 3.63) is 76.2 Å². The average Bonchev–Trinajstić information content (AvgIpc) is 3.05. The van der Waals surface area contributed by atoms with Gasteiger partial charge in [-0.15, -0.1) is 0 Å². The average molecular weight is 583 g/mol. The van der Waals surface area contributed by atoms with E-state index in [1.54, 1.807) is 0 Å². The van der Waals surface area contributed by atoms with Crippen molar-refractivity contribution in [3.8, 4) is 23.0 Å². The number of phenols is 2. The minimum atomic E-state index is -2.09. The van der Waals surface area contributed by atoms with Gasteiger partial charge in [0, 0.05) is 23.3 Å². The zero-order valence-corrected chi connectivity index (χ0v) is 20.5. The van der Waals surface area contributed by atoms with Crippen molar-refractivity contribution < 1.29 is 34.4 Å². The molecule has 0 radical (unpaired) electrons. The quantitative estimate of drug-likeness (QED) is 0.204. The maximum Gasteiger partial charge on any atom is 0.341 e. The van der Waals surface area contributed by atoms with Crippen molar-refractivity contribution in [2.75, 3.05) is 0 Å². The summed E-state index contributed by atoms with van der Waals surface area (Å²) in [4.78, 5) is 25.2. The van der Waals surface area contributed by atoms with E-state index < -0.39 is 43.9 Å². The fourth-order valence-corrected chi connectivity index (χ4v) is 5.75. The van der Waals surface area contributed by atoms with E-state index in [9.17, 15) is 24.9 Å². The summed E-state index contributed by atoms with van der Waals surface area (Å²) in [6, 6.07) is 3.47. The molecular formula is C21H6Cl6O7. The van der Waals surface area contributed by atoms with Gasteiger partial charge in [0.2, 0.25) is 0 Å². The van der Waals surface area contributed by atoms with Gasteiger partial charge in [0.1, 0.15) is 28.0 Å². The van der Waals surface area contributed by atoms with Crippen molar-refractivity contribution in [3.63, 3.8) is 0 Å². The van der Waals surface area contributed by atoms with Crippen LogP contribution in [0.3, 0.4) is 0 Å². The van der Waals surface area contributed by atoms with E-state index in [4.69, 9.17) is 79.1 Å². The van der Waals surface area contributed by atoms with Gasteiger partial charge in [0.05, 0.1) is 41.8 Å². The third kappa shape index (κ3) is 2.86. The molecule has 0 bridgehead atoms. The van der Waals surface area contributed by atoms with E-state index in [2.05, 4.69) is 0 Å². The number of hydrogen-bond donors (Lipinski definition) is 3. The van der Waals surface area contributed by atoms with Gasteiger partial charge in [-0.2, -0.15) is 0 Å². The molecule has 1 unspecified atom stereocenters. The molecule has 0 amide bonds. The first-order chi connectivity index (χ1) is 15.9. The SMILES string of the molecule is O=C(O)c1c(Cl)c(Cl)c2c(c1Cl)C1(OC2=O)c2cc(Cl)c(O)cc2Oc2cc(O)c(Cl)c(Cl)c21. The summed E-state index contributed by atoms with van der Waals surface area (Å²) in [7, 11) is 0. The number of benzene rings is 3. The molecule has 1 spiro atoms. The summed E-state index contributed by atoms with van der Waals surface area (Å²) >= 11 is 37.8. The first-order valence-electron chi connectivity index (χ1n) is 9.01. The van der Waals surface area contributed by atoms with Gasteiger partial charge < -0.3 is 24.8 Å². The number of aromatic carboxylic acids is 1. The zero-order chi connectivity index (χ0) is 24.9. The molecule has 7 nitrogen and oxygen atoms in total. The Kier molecular flexibility index (Phi) is 5.26. The second kappa shape index (κ2) is 7.62. The number of aromatic hydroxyl groups is 2. The smallest absolute Gasteiger partial charge is 0.341 e. The predicted molar refractivity (Wildman–Crippen MR) is 125 cm³/mol. The van der Waals surface area contributed by atoms with Crippen LogP contribution in [0.25, 0.3) is 0 Å². The summed E-state index contributed by atoms with van der Waals surface area (Å²) in [5, 5.41) is 28.0. The van der Waals surface area contributed by atoms with Crippen LogP contribution in [0, 0.1) is 0 Å². The van der Waals surface area contributed by atoms with E-state index in [1.165, 1.54) is 6.07 Å². The van der Waals surface area contributed by atoms with Crippen LogP contribution in [0.1, 0.15) is 37.4 Å². The Hall–Kier alpha value is -2.26. The number of esters is 1. The molecule has 2 heterocycles. The fraction of sp³-hybridized carbons (Fsp3) is 0.0476. The molecule has 0 aromatic heterocycles. The summed E-state index contributed by atoms with van der Waals surface area (Å²) in [5.41, 5.74) is -3.26. The van der Waals surface area contributed by atoms with Crippen LogP contribution in [0.2, 0.25) is 30.1 Å². The largest absolute Gasteiger partial charge is 0.506 e. The molecule has 2 aliphatic rings. The summed E-state index contributed by atoms with van der Waals surface area (Å²) in [6.07, 6.45) is 0. The zero-order valence-electron chi connectivity index (χ0n) is 16.0. The summed E-state index contributed by atoms with van der Waals surface area (Å²) in [5.74, 6) is -3.56. The van der Waals surface area contributed by atoms with Crippen LogP contribution in [0.4, 0.5) is 0 Å². The topological polar surface area (TPSA) is 113 Å². The predicted octanol–water partition coefficient (Wildman–Crippen LogP) is 7.28. The van der Waals surface area contributed by atoms with Gasteiger partial charge >= 0.3 is 11.9 Å². The molecule has 3 N–H and O–H groups in total. The van der Waals surface area contributed by atoms with Crippen molar-refractivity contribution in [1.29, 1.82) is 0 Å². The van der Waals surface area contributed by atoms with Crippen LogP contribution in [-0.4, -0.2) is 27.3 Å². The molecule has 3 aromatic carbocycles. The Morgan fingerprint density at radius 3 is 2.09 bits per heavy atom. The number of ether oxygens (including phenoxy) is 2. The minimum absolute atomic E-state index is 0.0233. The lowest BCUT2D eigenvalue weighted by Crippen LogP contribution is -2.34. The van der Waals surface area contributed by atoms with Crippen LogP contribution < -0.4 is 4.74 Å². The number of carbonyl (C=O) groups is 2. The summed E-state index contributed by atoms with van der Waals surface area (Å²) < 4.78 is 11.6. The van der Waals surface area contributed by atoms with Gasteiger partial charge in [-0.3, -0.25) is 0 Å². The third-order valence-corrected chi connectivity index (χ3v) is 7.88. The molecule has 0 aliphatic carbocycles. The number of hydrogen-bond acceptors (Lipinski definition) is 6. The number of carboxylic acids is 1. The van der Waals surface area contributed by atoms with Crippen molar-refractivity contribution >= 4 is 81.5 Å². The lowest BCUT2D eigenvalue weighted by Gasteiger charge is -2.38. The molecule has 0 saturated carbocycles. The van der Waals surface area contributed by atoms with Crippen LogP contribution in [-0.2, 0) is 10.3 Å². The van der Waals surface area contributed by atoms with E-state index in [-0.39, 0.29) is 54.6 Å². The molecule has 2 aliphatic heterocycles. The number of fused-ring (bicyclic) bond motifs is 6. The Morgan fingerprint density at radius 2 is 1.44 bits per heavy atom. The highest BCUT2D eigenvalue weighted by atomic mass is 35.5. The Bertz CT molecular complexity index is 1500. The van der Waals surface area contributed by atoms with E-state index in [0.29, 0.717) is 0 Å². The molecule has 13 heteroatoms. The molecule has 34 heavy (non-hydrogen) atoms. The molecule has 174 valence electrons. The second-order valence-electron chi connectivity index (χ2n) is 7.24. The number of phenolic OH excluding ortho intramolecular Hbond substituents is 2. The lowest BCUT2D eigenvalue weighted by molar-refractivity contribution is 0.0225. The first-order valence-corrected chi connectivity index (χ1v) is 11.3. The van der Waals surface area contributed by atoms with Gasteiger partial charge in [0.15, 0.2) is 5.60 Å². The lowest BCUT2D eigenvalue weighted by atomic mass is 9.77. The molecular weight excluding hydrogens is 577 g/mol. The van der Waals surface area contributed by atoms with Gasteiger partial charge in [-0.1, -0.05) is 69.6 Å². The molecule has 1 atom stereocenters. The highest BCUT2D eigenvalue weighted by molar-refractivity contribution is 6.48. The molecule has 0 saturated heterocycles. The van der Waals surface area contributed by atoms with Crippen LogP contribution >= 0.6 is 69.6 Å². The third-order valence-electron chi connectivity index (χ3n) is 5.49. The summed E-state index contributed by atoms with van der Waals surface area (Å²) in [6.45, 7) is 0. The fourth-order valence-electron chi connectivity index (χ4n) is 4.13. The Morgan fingerprint density at radius 1 is 0.794 bits per heavy atom. The van der Waals surface area contributed by atoms with Crippen LogP contribution in [0.5, 0.6) is 23.0 Å². The van der Waals surface area contributed by atoms with E-state index in [0.717, 1.165) is 12.1 Å². The molecule has 5 rings (SSSR count). The van der Waals surface area contributed by atoms with Gasteiger partial charge in [0.25, 0.3) is 0 Å². The first kappa shape index (κ1) is 23.5. The number of halogens is 6. The maximum absolute atomic E-state index is 13.2. The normalized spacial score (nSPS) is 17.6. The van der Waals surface area contributed by atoms with Crippen LogP contribution in [0.15, 0.2) is 18.2 Å².